The molecular formula is C30H51F3N8O. The van der Waals surface area contributed by atoms with E-state index in [-0.39, 0.29) is 6.54 Å². The van der Waals surface area contributed by atoms with Crippen LogP contribution in [0.3, 0.4) is 0 Å². The number of nitrogens with zero attached hydrogens (tertiary/aromatic N) is 4. The number of halogens is 3. The van der Waals surface area contributed by atoms with Crippen LogP contribution in [0.4, 0.5) is 13.2 Å². The monoisotopic (exact) mass is 596 g/mol. The highest BCUT2D eigenvalue weighted by Gasteiger charge is 2.38. The average molecular weight is 597 g/mol. The highest BCUT2D eigenvalue weighted by molar-refractivity contribution is 5.81. The number of alkyl halides is 3. The molecule has 2 heterocycles. The van der Waals surface area contributed by atoms with Gasteiger partial charge in [-0.25, -0.2) is 0 Å². The Morgan fingerprint density at radius 3 is 1.86 bits per heavy atom. The van der Waals surface area contributed by atoms with Crippen molar-refractivity contribution in [2.45, 2.75) is 71.9 Å². The minimum absolute atomic E-state index is 0.169. The summed E-state index contributed by atoms with van der Waals surface area (Å²) in [6.07, 6.45) is 3.11. The number of pyridine rings is 2. The van der Waals surface area contributed by atoms with E-state index in [0.717, 1.165) is 75.6 Å². The van der Waals surface area contributed by atoms with Crippen LogP contribution in [0.5, 0.6) is 0 Å². The molecule has 2 rings (SSSR count). The van der Waals surface area contributed by atoms with Crippen LogP contribution in [0.1, 0.15) is 62.0 Å². The van der Waals surface area contributed by atoms with Gasteiger partial charge in [0.15, 0.2) is 0 Å². The third-order valence-corrected chi connectivity index (χ3v) is 6.50. The van der Waals surface area contributed by atoms with Crippen molar-refractivity contribution in [1.82, 2.24) is 35.7 Å². The number of carbonyl (C=O) groups is 1. The lowest BCUT2D eigenvalue weighted by atomic mass is 10.2. The predicted octanol–water partition coefficient (Wildman–Crippen LogP) is 3.44. The van der Waals surface area contributed by atoms with E-state index in [1.165, 1.54) is 19.0 Å². The van der Waals surface area contributed by atoms with Crippen LogP contribution in [0, 0.1) is 0 Å². The van der Waals surface area contributed by atoms with Gasteiger partial charge in [-0.2, -0.15) is 13.2 Å². The number of hydrogen-bond donors (Lipinski definition) is 4. The van der Waals surface area contributed by atoms with Gasteiger partial charge in [0.2, 0.25) is 0 Å². The summed E-state index contributed by atoms with van der Waals surface area (Å²) < 4.78 is 36.5. The zero-order chi connectivity index (χ0) is 31.2. The molecule has 0 radical (unpaired) electrons. The summed E-state index contributed by atoms with van der Waals surface area (Å²) in [4.78, 5) is 23.9. The number of hydrogen-bond acceptors (Lipinski definition) is 8. The van der Waals surface area contributed by atoms with Crippen LogP contribution in [0.2, 0.25) is 0 Å². The Kier molecular flexibility index (Phi) is 19.6. The quantitative estimate of drug-likeness (QED) is 0.183. The molecule has 0 fully saturated rings. The number of carbonyl (C=O) groups excluding carboxylic acids is 1. The molecule has 42 heavy (non-hydrogen) atoms. The van der Waals surface area contributed by atoms with E-state index in [2.05, 4.69) is 64.4 Å². The van der Waals surface area contributed by atoms with E-state index in [9.17, 15) is 18.0 Å². The van der Waals surface area contributed by atoms with Gasteiger partial charge < -0.3 is 31.5 Å². The second-order valence-corrected chi connectivity index (χ2v) is 10.3. The first-order chi connectivity index (χ1) is 20.1. The van der Waals surface area contributed by atoms with Gasteiger partial charge in [0.1, 0.15) is 0 Å². The van der Waals surface area contributed by atoms with Crippen LogP contribution in [-0.2, 0) is 31.0 Å². The Hall–Kier alpha value is -2.64. The van der Waals surface area contributed by atoms with E-state index < -0.39 is 12.1 Å². The Bertz CT molecular complexity index is 987. The molecule has 0 aromatic carbocycles. The first kappa shape index (κ1) is 37.4. The molecule has 0 bridgehead atoms. The number of aromatic nitrogens is 2. The van der Waals surface area contributed by atoms with Crippen LogP contribution in [0.25, 0.3) is 0 Å². The summed E-state index contributed by atoms with van der Waals surface area (Å²) in [7, 11) is 4.21. The van der Waals surface area contributed by atoms with E-state index in [0.29, 0.717) is 18.7 Å². The third kappa shape index (κ3) is 18.0. The van der Waals surface area contributed by atoms with Gasteiger partial charge in [-0.05, 0) is 114 Å². The van der Waals surface area contributed by atoms with Crippen LogP contribution >= 0.6 is 0 Å². The van der Waals surface area contributed by atoms with Crippen molar-refractivity contribution >= 4 is 5.91 Å². The highest BCUT2D eigenvalue weighted by atomic mass is 19.4. The number of nitrogens with one attached hydrogen (secondary N) is 3. The standard InChI is InChI=1S/C17H27F3N4O.C13H24N4/c1-3-24(4-2)10-6-5-8-21-13-15-11-14(7-9-22-15)12-23-16(25)17(18,19)20;1-17(2)8-4-3-6-15-11-13-9-12(10-14)5-7-16-13/h7,9,11,21H,3-6,8,10,12-13H2,1-2H3,(H,23,25);5,7,9,15H,3-4,6,8,10-11,14H2,1-2H3. The molecule has 1 amide bonds. The third-order valence-electron chi connectivity index (χ3n) is 6.50. The number of rotatable bonds is 19. The molecule has 238 valence electrons. The fraction of sp³-hybridized carbons (Fsp3) is 0.633. The second-order valence-electron chi connectivity index (χ2n) is 10.3. The molecule has 0 atom stereocenters. The van der Waals surface area contributed by atoms with Gasteiger partial charge in [-0.3, -0.25) is 14.8 Å². The average Bonchev–Trinajstić information content (AvgIpc) is 2.97. The second kappa shape index (κ2) is 22.0. The Morgan fingerprint density at radius 2 is 1.36 bits per heavy atom. The number of unbranched alkanes of at least 4 members (excludes halogenated alkanes) is 2. The summed E-state index contributed by atoms with van der Waals surface area (Å²) in [5.41, 5.74) is 9.13. The first-order valence-electron chi connectivity index (χ1n) is 14.8. The summed E-state index contributed by atoms with van der Waals surface area (Å²) in [5, 5.41) is 8.54. The molecular weight excluding hydrogens is 545 g/mol. The topological polar surface area (TPSA) is 111 Å². The Balaban J connectivity index is 0.000000452. The molecule has 12 heteroatoms. The molecule has 0 aliphatic carbocycles. The molecule has 0 saturated carbocycles. The van der Waals surface area contributed by atoms with Gasteiger partial charge >= 0.3 is 12.1 Å². The zero-order valence-corrected chi connectivity index (χ0v) is 25.8. The van der Waals surface area contributed by atoms with E-state index in [4.69, 9.17) is 5.73 Å². The SMILES string of the molecule is CCN(CC)CCCCNCc1cc(CNC(=O)C(F)(F)F)ccn1.CN(C)CCCCNCc1cc(CN)ccn1. The minimum Gasteiger partial charge on any atom is -0.344 e. The maximum absolute atomic E-state index is 12.2. The van der Waals surface area contributed by atoms with Gasteiger partial charge in [0, 0.05) is 38.6 Å². The maximum Gasteiger partial charge on any atom is 0.471 e. The van der Waals surface area contributed by atoms with E-state index in [1.54, 1.807) is 12.1 Å². The minimum atomic E-state index is -4.86. The normalized spacial score (nSPS) is 11.5. The van der Waals surface area contributed by atoms with Gasteiger partial charge in [0.05, 0.1) is 11.4 Å². The van der Waals surface area contributed by atoms with Gasteiger partial charge in [-0.15, -0.1) is 0 Å². The fourth-order valence-corrected chi connectivity index (χ4v) is 4.01. The summed E-state index contributed by atoms with van der Waals surface area (Å²) >= 11 is 0. The van der Waals surface area contributed by atoms with Crippen molar-refractivity contribution in [2.75, 3.05) is 53.4 Å². The molecule has 0 spiro atoms. The van der Waals surface area contributed by atoms with Crippen LogP contribution in [-0.4, -0.2) is 85.2 Å². The van der Waals surface area contributed by atoms with Gasteiger partial charge in [0.25, 0.3) is 0 Å². The molecule has 2 aromatic heterocycles. The molecule has 0 aliphatic rings. The predicted molar refractivity (Wildman–Crippen MR) is 162 cm³/mol. The van der Waals surface area contributed by atoms with Crippen LogP contribution < -0.4 is 21.7 Å². The van der Waals surface area contributed by atoms with Crippen molar-refractivity contribution in [3.05, 3.63) is 59.2 Å². The van der Waals surface area contributed by atoms with Crippen LogP contribution in [0.15, 0.2) is 36.7 Å². The van der Waals surface area contributed by atoms with Crippen molar-refractivity contribution in [1.29, 1.82) is 0 Å². The van der Waals surface area contributed by atoms with E-state index >= 15 is 0 Å². The lowest BCUT2D eigenvalue weighted by Crippen LogP contribution is -2.36. The Morgan fingerprint density at radius 1 is 0.833 bits per heavy atom. The number of nitrogens with two attached hydrogens (primary N) is 1. The summed E-state index contributed by atoms with van der Waals surface area (Å²) in [6.45, 7) is 12.4. The fourth-order valence-electron chi connectivity index (χ4n) is 4.01. The molecule has 2 aromatic rings. The number of amides is 1. The van der Waals surface area contributed by atoms with E-state index in [1.807, 2.05) is 17.6 Å². The molecule has 5 N–H and O–H groups in total. The smallest absolute Gasteiger partial charge is 0.344 e. The van der Waals surface area contributed by atoms with Crippen molar-refractivity contribution in [3.8, 4) is 0 Å². The highest BCUT2D eigenvalue weighted by Crippen LogP contribution is 2.14. The molecule has 0 unspecified atom stereocenters. The van der Waals surface area contributed by atoms with Crippen molar-refractivity contribution in [3.63, 3.8) is 0 Å². The summed E-state index contributed by atoms with van der Waals surface area (Å²) in [6, 6.07) is 7.30. The van der Waals surface area contributed by atoms with Crippen molar-refractivity contribution in [2.24, 2.45) is 5.73 Å². The maximum atomic E-state index is 12.2. The molecule has 9 nitrogen and oxygen atoms in total. The van der Waals surface area contributed by atoms with Crippen molar-refractivity contribution < 1.29 is 18.0 Å². The molecule has 0 aliphatic heterocycles. The Labute approximate surface area is 249 Å². The largest absolute Gasteiger partial charge is 0.471 e. The molecule has 0 saturated heterocycles. The lowest BCUT2D eigenvalue weighted by Gasteiger charge is -2.17. The summed E-state index contributed by atoms with van der Waals surface area (Å²) in [5.74, 6) is -1.93. The zero-order valence-electron chi connectivity index (χ0n) is 25.8. The lowest BCUT2D eigenvalue weighted by molar-refractivity contribution is -0.173. The first-order valence-corrected chi connectivity index (χ1v) is 14.8. The van der Waals surface area contributed by atoms with Gasteiger partial charge in [-0.1, -0.05) is 13.8 Å².